The van der Waals surface area contributed by atoms with Gasteiger partial charge in [-0.25, -0.2) is 19.3 Å². The van der Waals surface area contributed by atoms with Crippen molar-refractivity contribution in [1.29, 1.82) is 0 Å². The summed E-state index contributed by atoms with van der Waals surface area (Å²) in [7, 11) is -2.12. The predicted molar refractivity (Wildman–Crippen MR) is 132 cm³/mol. The second kappa shape index (κ2) is 9.65. The molecular formula is C23H29FN4O4SSi. The summed E-state index contributed by atoms with van der Waals surface area (Å²) in [6.45, 7) is 10.8. The fourth-order valence-corrected chi connectivity index (χ4v) is 4.61. The minimum atomic E-state index is -2.12. The van der Waals surface area contributed by atoms with Gasteiger partial charge >= 0.3 is 5.24 Å². The Hall–Kier alpha value is -2.47. The van der Waals surface area contributed by atoms with Gasteiger partial charge in [0.25, 0.3) is 0 Å². The van der Waals surface area contributed by atoms with Gasteiger partial charge in [0, 0.05) is 12.2 Å². The van der Waals surface area contributed by atoms with Crippen LogP contribution in [-0.2, 0) is 13.9 Å². The zero-order chi connectivity index (χ0) is 24.5. The van der Waals surface area contributed by atoms with Crippen LogP contribution in [0.3, 0.4) is 0 Å². The molecule has 4 rings (SSSR count). The number of fused-ring (bicyclic) bond motifs is 1. The Labute approximate surface area is 204 Å². The van der Waals surface area contributed by atoms with Gasteiger partial charge in [-0.15, -0.1) is 0 Å². The van der Waals surface area contributed by atoms with Crippen LogP contribution in [0.2, 0.25) is 18.1 Å². The molecule has 3 heterocycles. The predicted octanol–water partition coefficient (Wildman–Crippen LogP) is 4.83. The van der Waals surface area contributed by atoms with Crippen LogP contribution in [0, 0.1) is 0 Å². The molecule has 0 unspecified atom stereocenters. The van der Waals surface area contributed by atoms with E-state index in [9.17, 15) is 0 Å². The third-order valence-electron chi connectivity index (χ3n) is 6.37. The molecule has 4 atom stereocenters. The highest BCUT2D eigenvalue weighted by atomic mass is 32.1. The average molecular weight is 505 g/mol. The summed E-state index contributed by atoms with van der Waals surface area (Å²) < 4.78 is 41.3. The first kappa shape index (κ1) is 24.6. The quantitative estimate of drug-likeness (QED) is 0.349. The zero-order valence-corrected chi connectivity index (χ0v) is 21.7. The zero-order valence-electron chi connectivity index (χ0n) is 19.8. The Morgan fingerprint density at radius 2 is 1.94 bits per heavy atom. The highest BCUT2D eigenvalue weighted by molar-refractivity contribution is 7.79. The Kier molecular flexibility index (Phi) is 6.99. The van der Waals surface area contributed by atoms with Crippen LogP contribution in [0.15, 0.2) is 49.2 Å². The molecule has 182 valence electrons. The lowest BCUT2D eigenvalue weighted by Crippen LogP contribution is -2.45. The number of aromatic nitrogens is 4. The number of rotatable bonds is 6. The molecular weight excluding hydrogens is 475 g/mol. The van der Waals surface area contributed by atoms with E-state index in [1.807, 2.05) is 18.2 Å². The molecule has 0 aliphatic carbocycles. The molecule has 0 amide bonds. The first-order valence-electron chi connectivity index (χ1n) is 11.1. The summed E-state index contributed by atoms with van der Waals surface area (Å²) in [5.41, 5.74) is 1.01. The van der Waals surface area contributed by atoms with Gasteiger partial charge in [0.2, 0.25) is 0 Å². The number of nitrogens with zero attached hydrogens (tertiary/aromatic N) is 4. The van der Waals surface area contributed by atoms with Crippen molar-refractivity contribution in [3.05, 3.63) is 49.2 Å². The van der Waals surface area contributed by atoms with Crippen LogP contribution in [0.25, 0.3) is 11.2 Å². The third-order valence-corrected chi connectivity index (χ3v) is 11.1. The van der Waals surface area contributed by atoms with Crippen molar-refractivity contribution < 1.29 is 23.0 Å². The molecule has 8 nitrogen and oxygen atoms in total. The molecule has 0 bridgehead atoms. The summed E-state index contributed by atoms with van der Waals surface area (Å²) in [6, 6.07) is 8.97. The summed E-state index contributed by atoms with van der Waals surface area (Å²) in [5, 5.41) is -0.196. The van der Waals surface area contributed by atoms with E-state index >= 15 is 4.39 Å². The number of thiocarbonyl (C=S) groups is 1. The molecule has 0 spiro atoms. The van der Waals surface area contributed by atoms with Crippen LogP contribution >= 0.6 is 12.2 Å². The van der Waals surface area contributed by atoms with Gasteiger partial charge in [0.1, 0.15) is 23.7 Å². The fraction of sp³-hybridized carbons (Fsp3) is 0.478. The lowest BCUT2D eigenvalue weighted by Gasteiger charge is -2.37. The monoisotopic (exact) mass is 504 g/mol. The molecule has 1 aromatic carbocycles. The summed E-state index contributed by atoms with van der Waals surface area (Å²) >= 11 is 5.27. The summed E-state index contributed by atoms with van der Waals surface area (Å²) in [6.07, 6.45) is 0.0999. The fourth-order valence-electron chi connectivity index (χ4n) is 3.39. The first-order chi connectivity index (χ1) is 16.1. The maximum atomic E-state index is 15.8. The van der Waals surface area contributed by atoms with Crippen molar-refractivity contribution in [1.82, 2.24) is 19.5 Å². The molecule has 1 saturated heterocycles. The van der Waals surface area contributed by atoms with Crippen LogP contribution in [-0.4, -0.2) is 58.1 Å². The maximum Gasteiger partial charge on any atom is 0.358 e. The molecule has 0 saturated carbocycles. The van der Waals surface area contributed by atoms with Crippen molar-refractivity contribution in [2.75, 3.05) is 6.61 Å². The standard InChI is InChI=1S/C23H29FN4O4SSi/c1-23(2,3)34(4,5)29-12-17-19(32-22(33)30-15-9-7-6-8-10-15)18(24)21(31-17)28-14-27-16-11-25-13-26-20(16)28/h6-11,13-14,17-19,21H,12H2,1-5H3/t17-,18+,19-,21-/m1/s1. The van der Waals surface area contributed by atoms with Gasteiger partial charge in [0.05, 0.1) is 19.1 Å². The Bertz CT molecular complexity index is 1140. The van der Waals surface area contributed by atoms with E-state index in [-0.39, 0.29) is 16.9 Å². The Morgan fingerprint density at radius 3 is 2.65 bits per heavy atom. The van der Waals surface area contributed by atoms with Crippen LogP contribution < -0.4 is 4.74 Å². The van der Waals surface area contributed by atoms with Crippen molar-refractivity contribution in [2.45, 2.75) is 63.5 Å². The van der Waals surface area contributed by atoms with Crippen LogP contribution in [0.5, 0.6) is 5.75 Å². The topological polar surface area (TPSA) is 80.5 Å². The van der Waals surface area contributed by atoms with E-state index in [0.717, 1.165) is 0 Å². The molecule has 0 N–H and O–H groups in total. The number of hydrogen-bond donors (Lipinski definition) is 0. The number of benzene rings is 1. The Balaban J connectivity index is 1.56. The van der Waals surface area contributed by atoms with Crippen molar-refractivity contribution in [2.24, 2.45) is 0 Å². The lowest BCUT2D eigenvalue weighted by atomic mass is 10.1. The molecule has 1 aliphatic heterocycles. The minimum absolute atomic E-state index is 0.0142. The van der Waals surface area contributed by atoms with Gasteiger partial charge in [-0.05, 0) is 30.3 Å². The molecule has 1 fully saturated rings. The number of hydrogen-bond acceptors (Lipinski definition) is 8. The van der Waals surface area contributed by atoms with Crippen LogP contribution in [0.1, 0.15) is 27.0 Å². The van der Waals surface area contributed by atoms with E-state index in [1.165, 1.54) is 12.7 Å². The average Bonchev–Trinajstić information content (AvgIpc) is 3.34. The van der Waals surface area contributed by atoms with Crippen LogP contribution in [0.4, 0.5) is 4.39 Å². The number of alkyl halides is 1. The molecule has 34 heavy (non-hydrogen) atoms. The van der Waals surface area contributed by atoms with Crippen molar-refractivity contribution in [3.8, 4) is 5.75 Å². The lowest BCUT2D eigenvalue weighted by molar-refractivity contribution is -0.0431. The number of halogens is 1. The van der Waals surface area contributed by atoms with Gasteiger partial charge in [-0.3, -0.25) is 4.57 Å². The van der Waals surface area contributed by atoms with E-state index < -0.39 is 32.9 Å². The highest BCUT2D eigenvalue weighted by Crippen LogP contribution is 2.39. The van der Waals surface area contributed by atoms with E-state index in [1.54, 1.807) is 22.9 Å². The van der Waals surface area contributed by atoms with E-state index in [2.05, 4.69) is 48.8 Å². The molecule has 11 heteroatoms. The first-order valence-corrected chi connectivity index (χ1v) is 14.4. The normalized spacial score (nSPS) is 23.2. The molecule has 3 aromatic rings. The Morgan fingerprint density at radius 1 is 1.21 bits per heavy atom. The molecule has 0 radical (unpaired) electrons. The third kappa shape index (κ3) is 5.12. The van der Waals surface area contributed by atoms with E-state index in [0.29, 0.717) is 16.9 Å². The second-order valence-corrected chi connectivity index (χ2v) is 14.9. The number of imidazole rings is 1. The van der Waals surface area contributed by atoms with Gasteiger partial charge < -0.3 is 18.6 Å². The summed E-state index contributed by atoms with van der Waals surface area (Å²) in [5.74, 6) is 0.504. The van der Waals surface area contributed by atoms with Crippen molar-refractivity contribution in [3.63, 3.8) is 0 Å². The summed E-state index contributed by atoms with van der Waals surface area (Å²) in [4.78, 5) is 12.5. The number of ether oxygens (including phenoxy) is 3. The molecule has 2 aromatic heterocycles. The SMILES string of the molecule is CC(C)(C)[Si](C)(C)OC[C@H]1O[C@@H](n2cnc3cncnc32)[C@@H](F)[C@@H]1OC(=S)Oc1ccccc1. The van der Waals surface area contributed by atoms with Gasteiger partial charge in [-0.1, -0.05) is 39.0 Å². The smallest absolute Gasteiger partial charge is 0.358 e. The second-order valence-electron chi connectivity index (χ2n) is 9.71. The van der Waals surface area contributed by atoms with Gasteiger partial charge in [-0.2, -0.15) is 0 Å². The highest BCUT2D eigenvalue weighted by Gasteiger charge is 2.50. The maximum absolute atomic E-state index is 15.8. The largest absolute Gasteiger partial charge is 0.447 e. The molecule has 1 aliphatic rings. The minimum Gasteiger partial charge on any atom is -0.447 e. The van der Waals surface area contributed by atoms with Crippen molar-refractivity contribution >= 4 is 36.9 Å². The van der Waals surface area contributed by atoms with Gasteiger partial charge in [0.15, 0.2) is 32.5 Å². The number of para-hydroxylation sites is 1. The van der Waals surface area contributed by atoms with E-state index in [4.69, 9.17) is 30.9 Å².